The van der Waals surface area contributed by atoms with Crippen molar-refractivity contribution in [3.8, 4) is 11.5 Å². The van der Waals surface area contributed by atoms with Crippen LogP contribution in [0, 0.1) is 5.82 Å². The second kappa shape index (κ2) is 7.09. The van der Waals surface area contributed by atoms with Crippen LogP contribution < -0.4 is 9.47 Å². The molecule has 21 heavy (non-hydrogen) atoms. The molecule has 0 saturated carbocycles. The summed E-state index contributed by atoms with van der Waals surface area (Å²) in [5, 5.41) is 0.589. The van der Waals surface area contributed by atoms with Crippen LogP contribution in [0.3, 0.4) is 0 Å². The Bertz CT molecular complexity index is 643. The summed E-state index contributed by atoms with van der Waals surface area (Å²) in [7, 11) is 0. The quantitative estimate of drug-likeness (QED) is 0.594. The van der Waals surface area contributed by atoms with E-state index in [0.717, 1.165) is 6.07 Å². The Kier molecular flexibility index (Phi) is 5.17. The smallest absolute Gasteiger partial charge is 0.163 e. The Balaban J connectivity index is 1.90. The van der Waals surface area contributed by atoms with Gasteiger partial charge in [-0.05, 0) is 43.3 Å². The van der Waals surface area contributed by atoms with E-state index in [9.17, 15) is 9.18 Å². The van der Waals surface area contributed by atoms with Gasteiger partial charge in [-0.2, -0.15) is 0 Å². The van der Waals surface area contributed by atoms with Crippen LogP contribution in [0.5, 0.6) is 11.5 Å². The molecule has 5 heteroatoms. The summed E-state index contributed by atoms with van der Waals surface area (Å²) in [6, 6.07) is 10.9. The molecular formula is C16H14ClFO3. The van der Waals surface area contributed by atoms with Crippen LogP contribution in [0.1, 0.15) is 17.3 Å². The van der Waals surface area contributed by atoms with Gasteiger partial charge in [-0.3, -0.25) is 4.79 Å². The van der Waals surface area contributed by atoms with Crippen molar-refractivity contribution in [2.75, 3.05) is 13.2 Å². The Morgan fingerprint density at radius 2 is 1.90 bits per heavy atom. The summed E-state index contributed by atoms with van der Waals surface area (Å²) in [6.45, 7) is 1.89. The molecule has 0 heterocycles. The summed E-state index contributed by atoms with van der Waals surface area (Å²) >= 11 is 5.84. The molecule has 0 saturated heterocycles. The van der Waals surface area contributed by atoms with Crippen LogP contribution in [0.2, 0.25) is 5.02 Å². The first-order valence-electron chi connectivity index (χ1n) is 6.38. The maximum Gasteiger partial charge on any atom is 0.163 e. The van der Waals surface area contributed by atoms with Crippen LogP contribution in [0.25, 0.3) is 0 Å². The van der Waals surface area contributed by atoms with E-state index in [1.807, 2.05) is 0 Å². The van der Waals surface area contributed by atoms with E-state index in [1.165, 1.54) is 19.1 Å². The Hall–Kier alpha value is -2.07. The average Bonchev–Trinajstić information content (AvgIpc) is 2.44. The van der Waals surface area contributed by atoms with Crippen LogP contribution in [0.15, 0.2) is 42.5 Å². The summed E-state index contributed by atoms with van der Waals surface area (Å²) in [5.41, 5.74) is 0.220. The van der Waals surface area contributed by atoms with Crippen molar-refractivity contribution >= 4 is 17.4 Å². The van der Waals surface area contributed by atoms with E-state index in [1.54, 1.807) is 24.3 Å². The third-order valence-corrected chi connectivity index (χ3v) is 2.96. The molecule has 0 aliphatic carbocycles. The highest BCUT2D eigenvalue weighted by molar-refractivity contribution is 6.30. The van der Waals surface area contributed by atoms with Crippen molar-refractivity contribution in [1.82, 2.24) is 0 Å². The minimum Gasteiger partial charge on any atom is -0.490 e. The van der Waals surface area contributed by atoms with E-state index in [2.05, 4.69) is 0 Å². The second-order valence-electron chi connectivity index (χ2n) is 4.35. The molecule has 0 aliphatic rings. The first-order chi connectivity index (χ1) is 10.1. The van der Waals surface area contributed by atoms with E-state index < -0.39 is 5.82 Å². The third kappa shape index (κ3) is 4.46. The molecule has 0 radical (unpaired) electrons. The predicted molar refractivity (Wildman–Crippen MR) is 78.8 cm³/mol. The molecule has 2 aromatic carbocycles. The van der Waals surface area contributed by atoms with E-state index in [-0.39, 0.29) is 24.6 Å². The average molecular weight is 309 g/mol. The molecule has 0 aromatic heterocycles. The second-order valence-corrected chi connectivity index (χ2v) is 4.79. The summed E-state index contributed by atoms with van der Waals surface area (Å²) in [5.74, 6) is 0.263. The van der Waals surface area contributed by atoms with E-state index in [0.29, 0.717) is 16.5 Å². The van der Waals surface area contributed by atoms with Gasteiger partial charge in [-0.1, -0.05) is 17.7 Å². The van der Waals surface area contributed by atoms with Crippen LogP contribution in [-0.4, -0.2) is 19.0 Å². The molecule has 0 amide bonds. The largest absolute Gasteiger partial charge is 0.490 e. The lowest BCUT2D eigenvalue weighted by Crippen LogP contribution is -2.11. The number of carbonyl (C=O) groups is 1. The molecule has 0 atom stereocenters. The highest BCUT2D eigenvalue weighted by Crippen LogP contribution is 2.21. The van der Waals surface area contributed by atoms with Crippen molar-refractivity contribution in [1.29, 1.82) is 0 Å². The maximum absolute atomic E-state index is 13.1. The molecule has 110 valence electrons. The molecule has 0 unspecified atom stereocenters. The van der Waals surface area contributed by atoms with Crippen molar-refractivity contribution in [3.63, 3.8) is 0 Å². The monoisotopic (exact) mass is 308 g/mol. The molecule has 0 N–H and O–H groups in total. The fourth-order valence-electron chi connectivity index (χ4n) is 1.77. The van der Waals surface area contributed by atoms with Gasteiger partial charge in [0.05, 0.1) is 5.56 Å². The normalized spacial score (nSPS) is 10.2. The molecule has 0 bridgehead atoms. The van der Waals surface area contributed by atoms with Crippen LogP contribution >= 0.6 is 11.6 Å². The van der Waals surface area contributed by atoms with Gasteiger partial charge in [0.2, 0.25) is 0 Å². The Morgan fingerprint density at radius 3 is 2.62 bits per heavy atom. The van der Waals surface area contributed by atoms with Crippen molar-refractivity contribution in [2.24, 2.45) is 0 Å². The van der Waals surface area contributed by atoms with E-state index >= 15 is 0 Å². The Morgan fingerprint density at radius 1 is 1.14 bits per heavy atom. The number of Topliss-reactive ketones (excluding diaryl/α,β-unsaturated/α-hetero) is 1. The minimum absolute atomic E-state index is 0.220. The van der Waals surface area contributed by atoms with Gasteiger partial charge in [0.1, 0.15) is 30.5 Å². The van der Waals surface area contributed by atoms with Crippen molar-refractivity contribution in [3.05, 3.63) is 58.9 Å². The highest BCUT2D eigenvalue weighted by Gasteiger charge is 2.09. The number of hydrogen-bond acceptors (Lipinski definition) is 3. The first-order valence-corrected chi connectivity index (χ1v) is 6.76. The molecule has 0 fully saturated rings. The first kappa shape index (κ1) is 15.3. The van der Waals surface area contributed by atoms with Gasteiger partial charge in [0.15, 0.2) is 5.78 Å². The van der Waals surface area contributed by atoms with Crippen LogP contribution in [0.4, 0.5) is 4.39 Å². The SMILES string of the molecule is CC(=O)c1cc(F)ccc1OCCOc1cccc(Cl)c1. The lowest BCUT2D eigenvalue weighted by atomic mass is 10.1. The summed E-state index contributed by atoms with van der Waals surface area (Å²) in [6.07, 6.45) is 0. The highest BCUT2D eigenvalue weighted by atomic mass is 35.5. The summed E-state index contributed by atoms with van der Waals surface area (Å²) < 4.78 is 24.0. The number of carbonyl (C=O) groups excluding carboxylic acids is 1. The van der Waals surface area contributed by atoms with Gasteiger partial charge >= 0.3 is 0 Å². The molecular weight excluding hydrogens is 295 g/mol. The third-order valence-electron chi connectivity index (χ3n) is 2.73. The molecule has 2 aromatic rings. The fourth-order valence-corrected chi connectivity index (χ4v) is 1.95. The lowest BCUT2D eigenvalue weighted by Gasteiger charge is -2.11. The standard InChI is InChI=1S/C16H14ClFO3/c1-11(19)15-10-13(18)5-6-16(15)21-8-7-20-14-4-2-3-12(17)9-14/h2-6,9-10H,7-8H2,1H3. The maximum atomic E-state index is 13.1. The zero-order chi connectivity index (χ0) is 15.2. The summed E-state index contributed by atoms with van der Waals surface area (Å²) in [4.78, 5) is 11.4. The van der Waals surface area contributed by atoms with Gasteiger partial charge in [0, 0.05) is 5.02 Å². The van der Waals surface area contributed by atoms with Crippen LogP contribution in [-0.2, 0) is 0 Å². The molecule has 2 rings (SSSR count). The van der Waals surface area contributed by atoms with Gasteiger partial charge in [-0.15, -0.1) is 0 Å². The number of halogens is 2. The van der Waals surface area contributed by atoms with Crippen molar-refractivity contribution < 1.29 is 18.7 Å². The molecule has 0 spiro atoms. The van der Waals surface area contributed by atoms with Gasteiger partial charge in [0.25, 0.3) is 0 Å². The van der Waals surface area contributed by atoms with Gasteiger partial charge < -0.3 is 9.47 Å². The van der Waals surface area contributed by atoms with Crippen molar-refractivity contribution in [2.45, 2.75) is 6.92 Å². The predicted octanol–water partition coefficient (Wildman–Crippen LogP) is 4.14. The lowest BCUT2D eigenvalue weighted by molar-refractivity contribution is 0.101. The zero-order valence-electron chi connectivity index (χ0n) is 11.4. The van der Waals surface area contributed by atoms with Gasteiger partial charge in [-0.25, -0.2) is 4.39 Å². The zero-order valence-corrected chi connectivity index (χ0v) is 12.2. The van der Waals surface area contributed by atoms with E-state index in [4.69, 9.17) is 21.1 Å². The number of rotatable bonds is 6. The number of ketones is 1. The Labute approximate surface area is 127 Å². The number of ether oxygens (including phenoxy) is 2. The minimum atomic E-state index is -0.470. The number of hydrogen-bond donors (Lipinski definition) is 0. The molecule has 3 nitrogen and oxygen atoms in total. The topological polar surface area (TPSA) is 35.5 Å². The molecule has 0 aliphatic heterocycles. The number of benzene rings is 2. The fraction of sp³-hybridized carbons (Fsp3) is 0.188.